The minimum atomic E-state index is 0.678. The Hall–Kier alpha value is -2.34. The fourth-order valence-corrected chi connectivity index (χ4v) is 4.63. The lowest BCUT2D eigenvalue weighted by atomic mass is 9.97. The third kappa shape index (κ3) is 3.02. The molecule has 2 heterocycles. The molecular formula is C19H21N3O2S. The van der Waals surface area contributed by atoms with Gasteiger partial charge < -0.3 is 14.8 Å². The maximum absolute atomic E-state index is 5.38. The summed E-state index contributed by atoms with van der Waals surface area (Å²) in [6.07, 6.45) is 6.49. The van der Waals surface area contributed by atoms with Crippen molar-refractivity contribution >= 4 is 27.4 Å². The zero-order valence-corrected chi connectivity index (χ0v) is 15.3. The lowest BCUT2D eigenvalue weighted by molar-refractivity contribution is 0.354. The van der Waals surface area contributed by atoms with Gasteiger partial charge in [-0.15, -0.1) is 11.3 Å². The van der Waals surface area contributed by atoms with Gasteiger partial charge in [-0.1, -0.05) is 6.07 Å². The molecule has 2 aromatic heterocycles. The standard InChI is InChI=1S/C19H21N3O2S/c1-23-14-8-7-12(9-15(14)24-2)10-20-18-17-13-5-3-4-6-16(13)25-19(17)22-11-21-18/h7-9,11H,3-6,10H2,1-2H3,(H,20,21,22). The van der Waals surface area contributed by atoms with Crippen molar-refractivity contribution in [1.82, 2.24) is 9.97 Å². The maximum atomic E-state index is 5.38. The molecule has 0 saturated carbocycles. The van der Waals surface area contributed by atoms with Crippen molar-refractivity contribution in [2.75, 3.05) is 19.5 Å². The largest absolute Gasteiger partial charge is 0.493 e. The first-order valence-corrected chi connectivity index (χ1v) is 9.32. The van der Waals surface area contributed by atoms with Gasteiger partial charge in [0.2, 0.25) is 0 Å². The molecule has 0 unspecified atom stereocenters. The van der Waals surface area contributed by atoms with Crippen LogP contribution < -0.4 is 14.8 Å². The number of methoxy groups -OCH3 is 2. The molecule has 4 rings (SSSR count). The molecule has 1 aliphatic carbocycles. The molecule has 1 N–H and O–H groups in total. The molecule has 25 heavy (non-hydrogen) atoms. The second kappa shape index (κ2) is 6.88. The lowest BCUT2D eigenvalue weighted by Gasteiger charge is -2.13. The molecular weight excluding hydrogens is 334 g/mol. The van der Waals surface area contributed by atoms with E-state index in [1.807, 2.05) is 29.5 Å². The highest BCUT2D eigenvalue weighted by Gasteiger charge is 2.19. The Morgan fingerprint density at radius 2 is 1.92 bits per heavy atom. The SMILES string of the molecule is COc1ccc(CNc2ncnc3sc4c(c23)CCCC4)cc1OC. The van der Waals surface area contributed by atoms with E-state index in [1.165, 1.54) is 35.1 Å². The Kier molecular flexibility index (Phi) is 4.44. The van der Waals surface area contributed by atoms with E-state index in [1.54, 1.807) is 20.5 Å². The predicted octanol–water partition coefficient (Wildman–Crippen LogP) is 4.20. The average Bonchev–Trinajstić information content (AvgIpc) is 3.05. The predicted molar refractivity (Wildman–Crippen MR) is 101 cm³/mol. The summed E-state index contributed by atoms with van der Waals surface area (Å²) in [6, 6.07) is 5.96. The number of thiophene rings is 1. The van der Waals surface area contributed by atoms with Crippen molar-refractivity contribution in [2.24, 2.45) is 0 Å². The van der Waals surface area contributed by atoms with Gasteiger partial charge in [0.05, 0.1) is 19.6 Å². The van der Waals surface area contributed by atoms with Crippen LogP contribution in [0.3, 0.4) is 0 Å². The Morgan fingerprint density at radius 3 is 2.76 bits per heavy atom. The summed E-state index contributed by atoms with van der Waals surface area (Å²) in [5, 5.41) is 4.70. The van der Waals surface area contributed by atoms with Crippen molar-refractivity contribution in [2.45, 2.75) is 32.2 Å². The van der Waals surface area contributed by atoms with E-state index >= 15 is 0 Å². The molecule has 0 bridgehead atoms. The fraction of sp³-hybridized carbons (Fsp3) is 0.368. The van der Waals surface area contributed by atoms with E-state index in [9.17, 15) is 0 Å². The molecule has 0 aliphatic heterocycles. The van der Waals surface area contributed by atoms with Crippen LogP contribution >= 0.6 is 11.3 Å². The third-order valence-electron chi connectivity index (χ3n) is 4.66. The van der Waals surface area contributed by atoms with Crippen LogP contribution in [0.4, 0.5) is 5.82 Å². The summed E-state index contributed by atoms with van der Waals surface area (Å²) in [4.78, 5) is 11.6. The number of rotatable bonds is 5. The van der Waals surface area contributed by atoms with Crippen molar-refractivity contribution in [3.05, 3.63) is 40.5 Å². The Bertz CT molecular complexity index is 907. The van der Waals surface area contributed by atoms with Crippen molar-refractivity contribution < 1.29 is 9.47 Å². The van der Waals surface area contributed by atoms with Crippen LogP contribution in [0.15, 0.2) is 24.5 Å². The highest BCUT2D eigenvalue weighted by molar-refractivity contribution is 7.19. The summed E-state index contributed by atoms with van der Waals surface area (Å²) in [7, 11) is 3.30. The molecule has 3 aromatic rings. The summed E-state index contributed by atoms with van der Waals surface area (Å²) in [5.74, 6) is 2.41. The number of benzene rings is 1. The molecule has 0 fully saturated rings. The number of hydrogen-bond acceptors (Lipinski definition) is 6. The van der Waals surface area contributed by atoms with Crippen LogP contribution in [0, 0.1) is 0 Å². The quantitative estimate of drug-likeness (QED) is 0.743. The Labute approximate surface area is 151 Å². The lowest BCUT2D eigenvalue weighted by Crippen LogP contribution is -2.04. The first-order valence-electron chi connectivity index (χ1n) is 8.50. The minimum Gasteiger partial charge on any atom is -0.493 e. The van der Waals surface area contributed by atoms with Gasteiger partial charge in [0.25, 0.3) is 0 Å². The maximum Gasteiger partial charge on any atom is 0.161 e. The van der Waals surface area contributed by atoms with Crippen molar-refractivity contribution in [3.8, 4) is 11.5 Å². The minimum absolute atomic E-state index is 0.678. The number of nitrogens with one attached hydrogen (secondary N) is 1. The Balaban J connectivity index is 1.62. The van der Waals surface area contributed by atoms with Crippen LogP contribution in [-0.4, -0.2) is 24.2 Å². The van der Waals surface area contributed by atoms with E-state index in [4.69, 9.17) is 9.47 Å². The topological polar surface area (TPSA) is 56.3 Å². The number of nitrogens with zero attached hydrogens (tertiary/aromatic N) is 2. The molecule has 130 valence electrons. The molecule has 0 radical (unpaired) electrons. The van der Waals surface area contributed by atoms with Crippen LogP contribution in [-0.2, 0) is 19.4 Å². The summed E-state index contributed by atoms with van der Waals surface area (Å²) in [5.41, 5.74) is 2.56. The summed E-state index contributed by atoms with van der Waals surface area (Å²) >= 11 is 1.82. The number of hydrogen-bond donors (Lipinski definition) is 1. The highest BCUT2D eigenvalue weighted by atomic mass is 32.1. The van der Waals surface area contributed by atoms with E-state index < -0.39 is 0 Å². The number of aryl methyl sites for hydroxylation is 2. The van der Waals surface area contributed by atoms with E-state index in [-0.39, 0.29) is 0 Å². The van der Waals surface area contributed by atoms with Crippen LogP contribution in [0.25, 0.3) is 10.2 Å². The molecule has 0 amide bonds. The van der Waals surface area contributed by atoms with Gasteiger partial charge in [-0.3, -0.25) is 0 Å². The smallest absolute Gasteiger partial charge is 0.161 e. The second-order valence-electron chi connectivity index (χ2n) is 6.16. The van der Waals surface area contributed by atoms with Gasteiger partial charge in [0.1, 0.15) is 17.0 Å². The third-order valence-corrected chi connectivity index (χ3v) is 5.86. The molecule has 0 saturated heterocycles. The zero-order chi connectivity index (χ0) is 17.2. The summed E-state index contributed by atoms with van der Waals surface area (Å²) in [6.45, 7) is 0.678. The molecule has 0 spiro atoms. The zero-order valence-electron chi connectivity index (χ0n) is 14.5. The molecule has 0 atom stereocenters. The van der Waals surface area contributed by atoms with Gasteiger partial charge >= 0.3 is 0 Å². The first kappa shape index (κ1) is 16.1. The van der Waals surface area contributed by atoms with E-state index in [0.29, 0.717) is 6.54 Å². The molecule has 5 nitrogen and oxygen atoms in total. The summed E-state index contributed by atoms with van der Waals surface area (Å²) < 4.78 is 10.7. The Morgan fingerprint density at radius 1 is 1.08 bits per heavy atom. The number of anilines is 1. The van der Waals surface area contributed by atoms with Gasteiger partial charge in [0, 0.05) is 11.4 Å². The van der Waals surface area contributed by atoms with Crippen molar-refractivity contribution in [3.63, 3.8) is 0 Å². The van der Waals surface area contributed by atoms with Crippen molar-refractivity contribution in [1.29, 1.82) is 0 Å². The first-order chi connectivity index (χ1) is 12.3. The van der Waals surface area contributed by atoms with Crippen LogP contribution in [0.5, 0.6) is 11.5 Å². The fourth-order valence-electron chi connectivity index (χ4n) is 3.40. The molecule has 6 heteroatoms. The monoisotopic (exact) mass is 355 g/mol. The second-order valence-corrected chi connectivity index (χ2v) is 7.24. The normalized spacial score (nSPS) is 13.5. The molecule has 1 aliphatic rings. The van der Waals surface area contributed by atoms with Crippen LogP contribution in [0.1, 0.15) is 28.8 Å². The van der Waals surface area contributed by atoms with Gasteiger partial charge in [0.15, 0.2) is 11.5 Å². The van der Waals surface area contributed by atoms with Gasteiger partial charge in [-0.25, -0.2) is 9.97 Å². The van der Waals surface area contributed by atoms with E-state index in [0.717, 1.165) is 34.1 Å². The highest BCUT2D eigenvalue weighted by Crippen LogP contribution is 2.38. The van der Waals surface area contributed by atoms with Gasteiger partial charge in [-0.2, -0.15) is 0 Å². The molecule has 1 aromatic carbocycles. The number of fused-ring (bicyclic) bond motifs is 3. The van der Waals surface area contributed by atoms with Gasteiger partial charge in [-0.05, 0) is 48.9 Å². The van der Waals surface area contributed by atoms with E-state index in [2.05, 4.69) is 15.3 Å². The number of aromatic nitrogens is 2. The number of ether oxygens (including phenoxy) is 2. The van der Waals surface area contributed by atoms with Crippen LogP contribution in [0.2, 0.25) is 0 Å². The average molecular weight is 355 g/mol.